The molecular weight excluding hydrogens is 1050 g/mol. The predicted molar refractivity (Wildman–Crippen MR) is 340 cm³/mol. The van der Waals surface area contributed by atoms with Gasteiger partial charge in [0.15, 0.2) is 46.0 Å². The van der Waals surface area contributed by atoms with Gasteiger partial charge in [0.2, 0.25) is 6.71 Å². The van der Waals surface area contributed by atoms with Crippen LogP contribution in [0.1, 0.15) is 0 Å². The Bertz CT molecular complexity index is 4850. The number of nitrogens with zero attached hydrogens (tertiary/aromatic N) is 5. The zero-order chi connectivity index (χ0) is 54.5. The molecule has 9 nitrogen and oxygen atoms in total. The first-order valence-electron chi connectivity index (χ1n) is 28.5. The minimum absolute atomic E-state index is 0.148. The first-order chi connectivity index (χ1) is 41.7. The Labute approximate surface area is 488 Å². The highest BCUT2D eigenvalue weighted by atomic mass is 32.2. The SMILES string of the molecule is c1ccc(N2c3cc4c(cc3B3c5cccc6c5N(c5ccccc5O6)c5cc(N6c7ccccc7Oc7ccccc76)cc2c53)B2c3cccc5c3N(c3ccccc3O5)c3cc(N5c6ccccc6Oc6ccccc65)cc(c32)S4)cc1. The van der Waals surface area contributed by atoms with Crippen LogP contribution in [-0.4, -0.2) is 13.4 Å². The molecule has 0 fully saturated rings. The zero-order valence-electron chi connectivity index (χ0n) is 44.6. The molecule has 84 heavy (non-hydrogen) atoms. The van der Waals surface area contributed by atoms with Crippen molar-refractivity contribution in [1.29, 1.82) is 0 Å². The van der Waals surface area contributed by atoms with Crippen molar-refractivity contribution in [2.75, 3.05) is 24.5 Å². The average molecular weight is 1090 g/mol. The number of para-hydroxylation sites is 15. The second-order valence-corrected chi connectivity index (χ2v) is 23.4. The average Bonchev–Trinajstić information content (AvgIpc) is 0.845. The fourth-order valence-electron chi connectivity index (χ4n) is 14.7. The van der Waals surface area contributed by atoms with Crippen LogP contribution < -0.4 is 76.2 Å². The van der Waals surface area contributed by atoms with E-state index in [0.29, 0.717) is 0 Å². The molecule has 8 aliphatic rings. The molecule has 8 aliphatic heterocycles. The van der Waals surface area contributed by atoms with Gasteiger partial charge in [-0.15, -0.1) is 0 Å². The molecule has 12 heteroatoms. The highest BCUT2D eigenvalue weighted by molar-refractivity contribution is 8.00. The standard InChI is InChI=1S/C72H41B2N5O4S/c1-2-18-42(19-3-1)75-55-41-67-48(74-46-21-17-35-66-72(46)79(54-27-9-15-33-64(54)83-66)58-38-44(39-68(84-67)70(58)74)77-51-24-6-12-30-61(51)81-62-31-13-7-25-52(62)77)40-47(55)73-45-20-16-34-65-71(45)78(53-26-8-14-32-63(53)82-65)57-37-43(36-56(75)69(57)73)76-49-22-4-10-28-59(49)80-60-29-11-5-23-50(60)76/h1-41H. The monoisotopic (exact) mass is 1090 g/mol. The van der Waals surface area contributed by atoms with Gasteiger partial charge in [-0.3, -0.25) is 0 Å². The van der Waals surface area contributed by atoms with Gasteiger partial charge >= 0.3 is 0 Å². The minimum atomic E-state index is -0.191. The van der Waals surface area contributed by atoms with Crippen molar-refractivity contribution in [2.24, 2.45) is 0 Å². The lowest BCUT2D eigenvalue weighted by Gasteiger charge is -2.47. The van der Waals surface area contributed by atoms with Crippen LogP contribution in [0.25, 0.3) is 0 Å². The molecular formula is C72H41B2N5O4S. The lowest BCUT2D eigenvalue weighted by molar-refractivity contribution is 0.476. The first-order valence-corrected chi connectivity index (χ1v) is 29.3. The minimum Gasteiger partial charge on any atom is -0.453 e. The highest BCUT2D eigenvalue weighted by Crippen LogP contribution is 2.59. The van der Waals surface area contributed by atoms with Crippen molar-refractivity contribution in [3.05, 3.63) is 249 Å². The third-order valence-corrected chi connectivity index (χ3v) is 19.1. The third-order valence-electron chi connectivity index (χ3n) is 17.9. The number of ether oxygens (including phenoxy) is 4. The van der Waals surface area contributed by atoms with Gasteiger partial charge in [0.05, 0.1) is 51.2 Å². The Balaban J connectivity index is 0.873. The second-order valence-electron chi connectivity index (χ2n) is 22.3. The number of fused-ring (bicyclic) bond motifs is 16. The van der Waals surface area contributed by atoms with E-state index in [2.05, 4.69) is 249 Å². The molecule has 0 saturated carbocycles. The van der Waals surface area contributed by atoms with Gasteiger partial charge in [-0.1, -0.05) is 139 Å². The van der Waals surface area contributed by atoms with Crippen molar-refractivity contribution in [3.63, 3.8) is 0 Å². The molecule has 0 atom stereocenters. The van der Waals surface area contributed by atoms with Gasteiger partial charge in [-0.05, 0) is 155 Å². The summed E-state index contributed by atoms with van der Waals surface area (Å²) < 4.78 is 27.2. The molecule has 0 aliphatic carbocycles. The summed E-state index contributed by atoms with van der Waals surface area (Å²) >= 11 is 1.87. The Morgan fingerprint density at radius 3 is 1.10 bits per heavy atom. The number of hydrogen-bond acceptors (Lipinski definition) is 10. The fraction of sp³-hybridized carbons (Fsp3) is 0. The van der Waals surface area contributed by atoms with Crippen LogP contribution in [0.5, 0.6) is 46.0 Å². The van der Waals surface area contributed by atoms with Crippen molar-refractivity contribution in [2.45, 2.75) is 9.79 Å². The van der Waals surface area contributed by atoms with E-state index in [1.54, 1.807) is 0 Å². The summed E-state index contributed by atoms with van der Waals surface area (Å²) in [5.41, 5.74) is 23.0. The second kappa shape index (κ2) is 16.5. The van der Waals surface area contributed by atoms with E-state index < -0.39 is 0 Å². The lowest BCUT2D eigenvalue weighted by Crippen LogP contribution is -2.64. The molecule has 12 aromatic carbocycles. The van der Waals surface area contributed by atoms with Gasteiger partial charge in [-0.2, -0.15) is 0 Å². The molecule has 12 aromatic rings. The van der Waals surface area contributed by atoms with Crippen molar-refractivity contribution < 1.29 is 18.9 Å². The predicted octanol–water partition coefficient (Wildman–Crippen LogP) is 15.9. The zero-order valence-corrected chi connectivity index (χ0v) is 45.4. The van der Waals surface area contributed by atoms with E-state index in [4.69, 9.17) is 18.9 Å². The normalized spacial score (nSPS) is 14.6. The van der Waals surface area contributed by atoms with Gasteiger partial charge in [0.25, 0.3) is 6.71 Å². The molecule has 0 N–H and O–H groups in total. The Kier molecular flexibility index (Phi) is 8.84. The number of anilines is 15. The van der Waals surface area contributed by atoms with E-state index in [-0.39, 0.29) is 13.4 Å². The summed E-state index contributed by atoms with van der Waals surface area (Å²) in [5, 5.41) is 0. The first kappa shape index (κ1) is 45.0. The summed E-state index contributed by atoms with van der Waals surface area (Å²) in [6.07, 6.45) is 0. The summed E-state index contributed by atoms with van der Waals surface area (Å²) in [5.74, 6) is 6.52. The van der Waals surface area contributed by atoms with Crippen LogP contribution >= 0.6 is 11.8 Å². The largest absolute Gasteiger partial charge is 0.453 e. The van der Waals surface area contributed by atoms with E-state index in [1.165, 1.54) is 42.6 Å². The van der Waals surface area contributed by atoms with Crippen LogP contribution in [0.3, 0.4) is 0 Å². The van der Waals surface area contributed by atoms with Crippen LogP contribution in [0.2, 0.25) is 0 Å². The Hall–Kier alpha value is -10.7. The Morgan fingerprint density at radius 1 is 0.238 bits per heavy atom. The maximum absolute atomic E-state index is 6.97. The molecule has 20 rings (SSSR count). The molecule has 0 spiro atoms. The molecule has 0 amide bonds. The van der Waals surface area contributed by atoms with Gasteiger partial charge in [0, 0.05) is 43.9 Å². The molecule has 0 radical (unpaired) electrons. The number of hydrogen-bond donors (Lipinski definition) is 0. The van der Waals surface area contributed by atoms with Crippen molar-refractivity contribution in [3.8, 4) is 46.0 Å². The van der Waals surface area contributed by atoms with Gasteiger partial charge in [0.1, 0.15) is 0 Å². The summed E-state index contributed by atoms with van der Waals surface area (Å²) in [4.78, 5) is 14.6. The topological polar surface area (TPSA) is 53.1 Å². The van der Waals surface area contributed by atoms with E-state index in [1.807, 2.05) is 36.0 Å². The molecule has 390 valence electrons. The number of benzene rings is 12. The van der Waals surface area contributed by atoms with Crippen LogP contribution in [-0.2, 0) is 0 Å². The summed E-state index contributed by atoms with van der Waals surface area (Å²) in [7, 11) is 0. The maximum Gasteiger partial charge on any atom is 0.252 e. The Morgan fingerprint density at radius 2 is 0.607 bits per heavy atom. The third kappa shape index (κ3) is 5.96. The lowest BCUT2D eigenvalue weighted by atomic mass is 9.31. The molecule has 0 aromatic heterocycles. The van der Waals surface area contributed by atoms with Gasteiger partial charge in [-0.25, -0.2) is 0 Å². The summed E-state index contributed by atoms with van der Waals surface area (Å²) in [6.45, 7) is -0.340. The maximum atomic E-state index is 6.97. The van der Waals surface area contributed by atoms with Crippen LogP contribution in [0.15, 0.2) is 259 Å². The molecule has 0 unspecified atom stereocenters. The van der Waals surface area contributed by atoms with Crippen molar-refractivity contribution >= 4 is 143 Å². The highest BCUT2D eigenvalue weighted by Gasteiger charge is 2.50. The molecule has 0 bridgehead atoms. The van der Waals surface area contributed by atoms with Crippen LogP contribution in [0.4, 0.5) is 85.3 Å². The van der Waals surface area contributed by atoms with E-state index in [9.17, 15) is 0 Å². The molecule has 0 saturated heterocycles. The van der Waals surface area contributed by atoms with Crippen molar-refractivity contribution in [1.82, 2.24) is 0 Å². The quantitative estimate of drug-likeness (QED) is 0.160. The van der Waals surface area contributed by atoms with Crippen LogP contribution in [0, 0.1) is 0 Å². The van der Waals surface area contributed by atoms with E-state index in [0.717, 1.165) is 131 Å². The summed E-state index contributed by atoms with van der Waals surface area (Å²) in [6, 6.07) is 89.3. The smallest absolute Gasteiger partial charge is 0.252 e. The molecule has 8 heterocycles. The fourth-order valence-corrected chi connectivity index (χ4v) is 15.9. The van der Waals surface area contributed by atoms with E-state index >= 15 is 0 Å². The number of rotatable bonds is 3. The van der Waals surface area contributed by atoms with Gasteiger partial charge < -0.3 is 43.4 Å².